The lowest BCUT2D eigenvalue weighted by atomic mass is 10.1. The smallest absolute Gasteiger partial charge is 0.315 e. The Balaban J connectivity index is 1.78. The van der Waals surface area contributed by atoms with Crippen LogP contribution in [0, 0.1) is 5.92 Å². The van der Waals surface area contributed by atoms with Crippen LogP contribution in [-0.2, 0) is 0 Å². The summed E-state index contributed by atoms with van der Waals surface area (Å²) in [5.41, 5.74) is 0.689. The van der Waals surface area contributed by atoms with Gasteiger partial charge in [-0.25, -0.2) is 4.79 Å². The Morgan fingerprint density at radius 3 is 2.83 bits per heavy atom. The molecule has 96 valence electrons. The summed E-state index contributed by atoms with van der Waals surface area (Å²) < 4.78 is 0. The van der Waals surface area contributed by atoms with Crippen LogP contribution in [0.5, 0.6) is 0 Å². The van der Waals surface area contributed by atoms with Gasteiger partial charge in [0.2, 0.25) is 0 Å². The predicted octanol–water partition coefficient (Wildman–Crippen LogP) is 4.17. The minimum Gasteiger partial charge on any atom is -0.315 e. The SMILES string of the molecule is O=C(N/C=C/C1CCCC1)Nc1cccc(Cl)c1. The number of halogens is 1. The van der Waals surface area contributed by atoms with Crippen molar-refractivity contribution >= 4 is 23.3 Å². The van der Waals surface area contributed by atoms with Gasteiger partial charge in [-0.3, -0.25) is 0 Å². The Kier molecular flexibility index (Phi) is 4.65. The van der Waals surface area contributed by atoms with E-state index in [1.54, 1.807) is 30.5 Å². The first-order chi connectivity index (χ1) is 8.74. The quantitative estimate of drug-likeness (QED) is 0.845. The van der Waals surface area contributed by atoms with Gasteiger partial charge in [-0.05, 0) is 37.0 Å². The van der Waals surface area contributed by atoms with E-state index >= 15 is 0 Å². The van der Waals surface area contributed by atoms with Gasteiger partial charge in [0.1, 0.15) is 0 Å². The fraction of sp³-hybridized carbons (Fsp3) is 0.357. The maximum absolute atomic E-state index is 11.6. The molecule has 1 fully saturated rings. The molecule has 1 aliphatic rings. The summed E-state index contributed by atoms with van der Waals surface area (Å²) in [6, 6.07) is 6.83. The van der Waals surface area contributed by atoms with E-state index in [9.17, 15) is 4.79 Å². The molecule has 1 aromatic carbocycles. The van der Waals surface area contributed by atoms with Crippen molar-refractivity contribution in [3.63, 3.8) is 0 Å². The number of allylic oxidation sites excluding steroid dienone is 1. The van der Waals surface area contributed by atoms with E-state index in [1.165, 1.54) is 25.7 Å². The molecule has 2 N–H and O–H groups in total. The Morgan fingerprint density at radius 1 is 1.33 bits per heavy atom. The molecule has 0 aliphatic heterocycles. The van der Waals surface area contributed by atoms with Crippen molar-refractivity contribution in [2.24, 2.45) is 5.92 Å². The van der Waals surface area contributed by atoms with Crippen LogP contribution in [0.4, 0.5) is 10.5 Å². The lowest BCUT2D eigenvalue weighted by Gasteiger charge is -2.05. The van der Waals surface area contributed by atoms with Gasteiger partial charge in [0.15, 0.2) is 0 Å². The number of hydrogen-bond acceptors (Lipinski definition) is 1. The highest BCUT2D eigenvalue weighted by Gasteiger charge is 2.11. The van der Waals surface area contributed by atoms with Crippen molar-refractivity contribution in [2.45, 2.75) is 25.7 Å². The monoisotopic (exact) mass is 264 g/mol. The maximum atomic E-state index is 11.6. The third-order valence-electron chi connectivity index (χ3n) is 3.07. The van der Waals surface area contributed by atoms with E-state index in [4.69, 9.17) is 11.6 Å². The molecule has 18 heavy (non-hydrogen) atoms. The predicted molar refractivity (Wildman–Crippen MR) is 74.7 cm³/mol. The topological polar surface area (TPSA) is 41.1 Å². The van der Waals surface area contributed by atoms with E-state index in [1.807, 2.05) is 0 Å². The first-order valence-electron chi connectivity index (χ1n) is 6.24. The van der Waals surface area contributed by atoms with Crippen molar-refractivity contribution in [1.82, 2.24) is 5.32 Å². The Hall–Kier alpha value is -1.48. The molecule has 3 nitrogen and oxygen atoms in total. The van der Waals surface area contributed by atoms with Crippen LogP contribution in [0.2, 0.25) is 5.02 Å². The largest absolute Gasteiger partial charge is 0.323 e. The average Bonchev–Trinajstić information content (AvgIpc) is 2.82. The molecule has 2 rings (SSSR count). The molecule has 0 atom stereocenters. The number of amides is 2. The van der Waals surface area contributed by atoms with Crippen molar-refractivity contribution in [1.29, 1.82) is 0 Å². The average molecular weight is 265 g/mol. The number of hydrogen-bond donors (Lipinski definition) is 2. The number of carbonyl (C=O) groups is 1. The number of benzene rings is 1. The van der Waals surface area contributed by atoms with Gasteiger partial charge in [0.25, 0.3) is 0 Å². The van der Waals surface area contributed by atoms with E-state index in [2.05, 4.69) is 16.7 Å². The first kappa shape index (κ1) is 13.0. The van der Waals surface area contributed by atoms with Gasteiger partial charge < -0.3 is 10.6 Å². The molecule has 4 heteroatoms. The Labute approximate surface area is 112 Å². The van der Waals surface area contributed by atoms with Gasteiger partial charge in [-0.1, -0.05) is 36.6 Å². The zero-order valence-corrected chi connectivity index (χ0v) is 10.9. The number of nitrogens with one attached hydrogen (secondary N) is 2. The minimum absolute atomic E-state index is 0.244. The van der Waals surface area contributed by atoms with E-state index in [0.717, 1.165) is 0 Å². The van der Waals surface area contributed by atoms with Gasteiger partial charge in [-0.2, -0.15) is 0 Å². The first-order valence-corrected chi connectivity index (χ1v) is 6.61. The Bertz CT molecular complexity index is 439. The Morgan fingerprint density at radius 2 is 2.11 bits per heavy atom. The molecular weight excluding hydrogens is 248 g/mol. The van der Waals surface area contributed by atoms with E-state index in [-0.39, 0.29) is 6.03 Å². The molecular formula is C14H17ClN2O. The highest BCUT2D eigenvalue weighted by Crippen LogP contribution is 2.25. The molecule has 2 amide bonds. The summed E-state index contributed by atoms with van der Waals surface area (Å²) in [4.78, 5) is 11.6. The molecule has 1 aromatic rings. The van der Waals surface area contributed by atoms with E-state index < -0.39 is 0 Å². The van der Waals surface area contributed by atoms with Crippen molar-refractivity contribution in [3.05, 3.63) is 41.6 Å². The summed E-state index contributed by atoms with van der Waals surface area (Å²) >= 11 is 5.83. The molecule has 0 saturated heterocycles. The van der Waals surface area contributed by atoms with Crippen LogP contribution in [0.25, 0.3) is 0 Å². The van der Waals surface area contributed by atoms with Crippen molar-refractivity contribution in [2.75, 3.05) is 5.32 Å². The van der Waals surface area contributed by atoms with Crippen LogP contribution in [0.15, 0.2) is 36.5 Å². The third kappa shape index (κ3) is 4.08. The zero-order chi connectivity index (χ0) is 12.8. The highest BCUT2D eigenvalue weighted by molar-refractivity contribution is 6.30. The molecule has 1 saturated carbocycles. The lowest BCUT2D eigenvalue weighted by molar-refractivity contribution is 0.255. The summed E-state index contributed by atoms with van der Waals surface area (Å²) in [5.74, 6) is 0.622. The van der Waals surface area contributed by atoms with Crippen LogP contribution in [0.3, 0.4) is 0 Å². The summed E-state index contributed by atoms with van der Waals surface area (Å²) in [5, 5.41) is 6.03. The van der Waals surface area contributed by atoms with Gasteiger partial charge in [0.05, 0.1) is 0 Å². The normalized spacial score (nSPS) is 16.1. The third-order valence-corrected chi connectivity index (χ3v) is 3.30. The maximum Gasteiger partial charge on any atom is 0.323 e. The molecule has 0 bridgehead atoms. The summed E-state index contributed by atoms with van der Waals surface area (Å²) in [7, 11) is 0. The number of rotatable bonds is 3. The zero-order valence-electron chi connectivity index (χ0n) is 10.2. The number of anilines is 1. The fourth-order valence-corrected chi connectivity index (χ4v) is 2.33. The van der Waals surface area contributed by atoms with Crippen molar-refractivity contribution in [3.8, 4) is 0 Å². The second-order valence-electron chi connectivity index (χ2n) is 4.51. The number of carbonyl (C=O) groups excluding carboxylic acids is 1. The van der Waals surface area contributed by atoms with E-state index in [0.29, 0.717) is 16.6 Å². The van der Waals surface area contributed by atoms with Crippen LogP contribution >= 0.6 is 11.6 Å². The fourth-order valence-electron chi connectivity index (χ4n) is 2.14. The lowest BCUT2D eigenvalue weighted by Crippen LogP contribution is -2.23. The van der Waals surface area contributed by atoms with Gasteiger partial charge in [-0.15, -0.1) is 0 Å². The van der Waals surface area contributed by atoms with Gasteiger partial charge in [0, 0.05) is 16.9 Å². The summed E-state index contributed by atoms with van der Waals surface area (Å²) in [6.07, 6.45) is 8.86. The van der Waals surface area contributed by atoms with Crippen LogP contribution < -0.4 is 10.6 Å². The molecule has 0 unspecified atom stereocenters. The summed E-state index contributed by atoms with van der Waals surface area (Å²) in [6.45, 7) is 0. The second-order valence-corrected chi connectivity index (χ2v) is 4.95. The molecule has 0 spiro atoms. The molecule has 0 aromatic heterocycles. The molecule has 1 aliphatic carbocycles. The number of urea groups is 1. The van der Waals surface area contributed by atoms with Crippen LogP contribution in [0.1, 0.15) is 25.7 Å². The second kappa shape index (κ2) is 6.45. The molecule has 0 heterocycles. The molecule has 0 radical (unpaired) electrons. The van der Waals surface area contributed by atoms with Crippen LogP contribution in [-0.4, -0.2) is 6.03 Å². The highest BCUT2D eigenvalue weighted by atomic mass is 35.5. The minimum atomic E-state index is -0.244. The van der Waals surface area contributed by atoms with Crippen molar-refractivity contribution < 1.29 is 4.79 Å². The standard InChI is InChI=1S/C14H17ClN2O/c15-12-6-3-7-13(10-12)17-14(18)16-9-8-11-4-1-2-5-11/h3,6-11H,1-2,4-5H2,(H2,16,17,18)/b9-8+. The van der Waals surface area contributed by atoms with Gasteiger partial charge >= 0.3 is 6.03 Å².